The molecular formula is C17H15NOS. The molecule has 0 saturated carbocycles. The summed E-state index contributed by atoms with van der Waals surface area (Å²) in [7, 11) is 0. The van der Waals surface area contributed by atoms with Crippen LogP contribution < -0.4 is 5.32 Å². The van der Waals surface area contributed by atoms with Gasteiger partial charge in [0, 0.05) is 11.4 Å². The predicted molar refractivity (Wildman–Crippen MR) is 83.8 cm³/mol. The molecule has 0 bridgehead atoms. The molecule has 0 aliphatic carbocycles. The third kappa shape index (κ3) is 2.89. The summed E-state index contributed by atoms with van der Waals surface area (Å²) in [4.78, 5) is 13.0. The lowest BCUT2D eigenvalue weighted by Gasteiger charge is -2.08. The van der Waals surface area contributed by atoms with Crippen LogP contribution in [0.15, 0.2) is 60.0 Å². The van der Waals surface area contributed by atoms with Crippen molar-refractivity contribution in [1.82, 2.24) is 5.32 Å². The van der Waals surface area contributed by atoms with E-state index in [0.29, 0.717) is 13.0 Å². The minimum atomic E-state index is 0.0698. The molecule has 2 aromatic carbocycles. The number of rotatable bonds is 4. The van der Waals surface area contributed by atoms with Crippen molar-refractivity contribution in [3.63, 3.8) is 0 Å². The van der Waals surface area contributed by atoms with E-state index in [0.717, 1.165) is 10.4 Å². The molecule has 0 aliphatic heterocycles. The van der Waals surface area contributed by atoms with E-state index in [1.54, 1.807) is 11.3 Å². The first-order valence-corrected chi connectivity index (χ1v) is 7.46. The van der Waals surface area contributed by atoms with Gasteiger partial charge in [-0.25, -0.2) is 0 Å². The van der Waals surface area contributed by atoms with Crippen LogP contribution in [0.5, 0.6) is 0 Å². The summed E-state index contributed by atoms with van der Waals surface area (Å²) in [5.74, 6) is 0.0698. The first kappa shape index (κ1) is 12.9. The molecule has 0 atom stereocenters. The van der Waals surface area contributed by atoms with Crippen LogP contribution in [0.1, 0.15) is 10.4 Å². The van der Waals surface area contributed by atoms with Gasteiger partial charge in [-0.3, -0.25) is 4.79 Å². The van der Waals surface area contributed by atoms with E-state index in [-0.39, 0.29) is 5.91 Å². The number of thiophene rings is 1. The minimum absolute atomic E-state index is 0.0698. The third-order valence-corrected chi connectivity index (χ3v) is 4.15. The molecule has 3 heteroatoms. The minimum Gasteiger partial charge on any atom is -0.352 e. The van der Waals surface area contributed by atoms with Crippen molar-refractivity contribution in [3.05, 3.63) is 70.4 Å². The Morgan fingerprint density at radius 1 is 1.00 bits per heavy atom. The van der Waals surface area contributed by atoms with Crippen LogP contribution in [0, 0.1) is 0 Å². The zero-order chi connectivity index (χ0) is 13.8. The van der Waals surface area contributed by atoms with E-state index in [2.05, 4.69) is 29.6 Å². The lowest BCUT2D eigenvalue weighted by atomic mass is 10.0. The second-order valence-corrected chi connectivity index (χ2v) is 5.70. The molecule has 0 saturated heterocycles. The topological polar surface area (TPSA) is 29.1 Å². The van der Waals surface area contributed by atoms with E-state index in [4.69, 9.17) is 0 Å². The normalized spacial score (nSPS) is 10.6. The average molecular weight is 281 g/mol. The van der Waals surface area contributed by atoms with Crippen molar-refractivity contribution in [3.8, 4) is 0 Å². The zero-order valence-corrected chi connectivity index (χ0v) is 11.8. The van der Waals surface area contributed by atoms with Crippen LogP contribution in [-0.4, -0.2) is 5.91 Å². The number of nitrogens with one attached hydrogen (secondary N) is 1. The predicted octanol–water partition coefficient (Wildman–Crippen LogP) is 3.76. The average Bonchev–Trinajstić information content (AvgIpc) is 2.98. The fraction of sp³-hybridized carbons (Fsp3) is 0.118. The van der Waals surface area contributed by atoms with E-state index in [1.165, 1.54) is 10.8 Å². The number of fused-ring (bicyclic) bond motifs is 1. The quantitative estimate of drug-likeness (QED) is 0.775. The molecule has 0 radical (unpaired) electrons. The monoisotopic (exact) mass is 281 g/mol. The molecule has 1 amide bonds. The first-order chi connectivity index (χ1) is 9.83. The Morgan fingerprint density at radius 3 is 2.70 bits per heavy atom. The van der Waals surface area contributed by atoms with Crippen molar-refractivity contribution in [2.75, 3.05) is 0 Å². The summed E-state index contributed by atoms with van der Waals surface area (Å²) in [6.45, 7) is 0.575. The smallest absolute Gasteiger partial charge is 0.225 e. The number of hydrogen-bond donors (Lipinski definition) is 1. The Labute approximate surface area is 122 Å². The lowest BCUT2D eigenvalue weighted by molar-refractivity contribution is -0.120. The highest BCUT2D eigenvalue weighted by atomic mass is 32.1. The summed E-state index contributed by atoms with van der Waals surface area (Å²) in [5, 5.41) is 7.40. The van der Waals surface area contributed by atoms with Gasteiger partial charge < -0.3 is 5.32 Å². The SMILES string of the molecule is O=C(Cc1cccs1)NCc1cccc2ccccc12. The maximum atomic E-state index is 11.9. The summed E-state index contributed by atoms with van der Waals surface area (Å²) in [5.41, 5.74) is 1.16. The standard InChI is InChI=1S/C17H15NOS/c19-17(11-15-8-4-10-20-15)18-12-14-7-3-6-13-5-1-2-9-16(13)14/h1-10H,11-12H2,(H,18,19). The second-order valence-electron chi connectivity index (χ2n) is 4.67. The van der Waals surface area contributed by atoms with Gasteiger partial charge in [-0.15, -0.1) is 11.3 Å². The van der Waals surface area contributed by atoms with Crippen molar-refractivity contribution in [2.45, 2.75) is 13.0 Å². The second kappa shape index (κ2) is 5.88. The molecule has 0 unspecified atom stereocenters. The van der Waals surface area contributed by atoms with Crippen LogP contribution in [0.25, 0.3) is 10.8 Å². The molecule has 3 aromatic rings. The number of amides is 1. The van der Waals surface area contributed by atoms with Gasteiger partial charge in [0.05, 0.1) is 6.42 Å². The number of benzene rings is 2. The maximum Gasteiger partial charge on any atom is 0.225 e. The third-order valence-electron chi connectivity index (χ3n) is 3.27. The van der Waals surface area contributed by atoms with E-state index >= 15 is 0 Å². The Bertz CT molecular complexity index is 713. The molecule has 2 nitrogen and oxygen atoms in total. The summed E-state index contributed by atoms with van der Waals surface area (Å²) >= 11 is 1.61. The van der Waals surface area contributed by atoms with Gasteiger partial charge in [0.1, 0.15) is 0 Å². The molecule has 20 heavy (non-hydrogen) atoms. The highest BCUT2D eigenvalue weighted by molar-refractivity contribution is 7.10. The highest BCUT2D eigenvalue weighted by Gasteiger charge is 2.05. The van der Waals surface area contributed by atoms with Crippen molar-refractivity contribution in [1.29, 1.82) is 0 Å². The van der Waals surface area contributed by atoms with Crippen LogP contribution in [-0.2, 0) is 17.8 Å². The number of carbonyl (C=O) groups is 1. The Kier molecular flexibility index (Phi) is 3.79. The Hall–Kier alpha value is -2.13. The van der Waals surface area contributed by atoms with Crippen LogP contribution in [0.3, 0.4) is 0 Å². The van der Waals surface area contributed by atoms with E-state index < -0.39 is 0 Å². The van der Waals surface area contributed by atoms with Crippen LogP contribution in [0.4, 0.5) is 0 Å². The van der Waals surface area contributed by atoms with Gasteiger partial charge in [0.25, 0.3) is 0 Å². The van der Waals surface area contributed by atoms with Gasteiger partial charge in [-0.05, 0) is 27.8 Å². The zero-order valence-electron chi connectivity index (χ0n) is 11.0. The largest absolute Gasteiger partial charge is 0.352 e. The fourth-order valence-corrected chi connectivity index (χ4v) is 2.98. The van der Waals surface area contributed by atoms with Gasteiger partial charge in [0.2, 0.25) is 5.91 Å². The van der Waals surface area contributed by atoms with Crippen LogP contribution in [0.2, 0.25) is 0 Å². The molecule has 1 aromatic heterocycles. The first-order valence-electron chi connectivity index (χ1n) is 6.58. The number of hydrogen-bond acceptors (Lipinski definition) is 2. The van der Waals surface area contributed by atoms with Gasteiger partial charge >= 0.3 is 0 Å². The Balaban J connectivity index is 1.69. The number of carbonyl (C=O) groups excluding carboxylic acids is 1. The van der Waals surface area contributed by atoms with Crippen molar-refractivity contribution < 1.29 is 4.79 Å². The molecule has 3 rings (SSSR count). The van der Waals surface area contributed by atoms with Gasteiger partial charge in [0.15, 0.2) is 0 Å². The summed E-state index contributed by atoms with van der Waals surface area (Å²) in [6.07, 6.45) is 0.461. The lowest BCUT2D eigenvalue weighted by Crippen LogP contribution is -2.24. The summed E-state index contributed by atoms with van der Waals surface area (Å²) < 4.78 is 0. The molecule has 0 aliphatic rings. The highest BCUT2D eigenvalue weighted by Crippen LogP contribution is 2.18. The molecule has 0 spiro atoms. The molecular weight excluding hydrogens is 266 g/mol. The van der Waals surface area contributed by atoms with E-state index in [9.17, 15) is 4.79 Å². The molecule has 100 valence electrons. The Morgan fingerprint density at radius 2 is 1.85 bits per heavy atom. The van der Waals surface area contributed by atoms with E-state index in [1.807, 2.05) is 35.7 Å². The van der Waals surface area contributed by atoms with Crippen molar-refractivity contribution >= 4 is 28.0 Å². The van der Waals surface area contributed by atoms with Gasteiger partial charge in [-0.1, -0.05) is 48.5 Å². The molecule has 1 N–H and O–H groups in total. The fourth-order valence-electron chi connectivity index (χ4n) is 2.27. The molecule has 1 heterocycles. The van der Waals surface area contributed by atoms with Crippen LogP contribution >= 0.6 is 11.3 Å². The van der Waals surface area contributed by atoms with Crippen molar-refractivity contribution in [2.24, 2.45) is 0 Å². The summed E-state index contributed by atoms with van der Waals surface area (Å²) in [6, 6.07) is 18.4. The van der Waals surface area contributed by atoms with Gasteiger partial charge in [-0.2, -0.15) is 0 Å². The molecule has 0 fully saturated rings. The maximum absolute atomic E-state index is 11.9.